The molecule has 4 nitrogen and oxygen atoms in total. The predicted octanol–water partition coefficient (Wildman–Crippen LogP) is 2.96. The fraction of sp³-hybridized carbons (Fsp3) is 0.462. The van der Waals surface area contributed by atoms with E-state index in [1.807, 2.05) is 0 Å². The first kappa shape index (κ1) is 14.6. The Labute approximate surface area is 113 Å². The van der Waals surface area contributed by atoms with E-state index >= 15 is 0 Å². The smallest absolute Gasteiger partial charge is 0.417 e. The Morgan fingerprint density at radius 3 is 2.50 bits per heavy atom. The highest BCUT2D eigenvalue weighted by Gasteiger charge is 2.36. The third kappa shape index (κ3) is 3.41. The fourth-order valence-corrected chi connectivity index (χ4v) is 2.00. The van der Waals surface area contributed by atoms with Gasteiger partial charge in [0.1, 0.15) is 11.9 Å². The second-order valence-electron chi connectivity index (χ2n) is 4.44. The quantitative estimate of drug-likeness (QED) is 0.930. The monoisotopic (exact) mass is 290 g/mol. The molecule has 1 saturated heterocycles. The summed E-state index contributed by atoms with van der Waals surface area (Å²) >= 11 is 0. The van der Waals surface area contributed by atoms with Crippen molar-refractivity contribution in [1.29, 1.82) is 0 Å². The Hall–Kier alpha value is -1.76. The number of carbonyl (C=O) groups is 1. The molecule has 0 unspecified atom stereocenters. The molecule has 1 aliphatic rings. The molecule has 1 heterocycles. The molecule has 0 saturated carbocycles. The molecule has 0 atom stereocenters. The van der Waals surface area contributed by atoms with Crippen LogP contribution in [0.2, 0.25) is 0 Å². The molecular formula is C13H13F3O4. The van der Waals surface area contributed by atoms with Crippen LogP contribution in [0.4, 0.5) is 13.2 Å². The van der Waals surface area contributed by atoms with Gasteiger partial charge in [0, 0.05) is 12.8 Å². The van der Waals surface area contributed by atoms with Crippen LogP contribution in [0.15, 0.2) is 18.2 Å². The summed E-state index contributed by atoms with van der Waals surface area (Å²) in [5.74, 6) is -1.59. The number of hydrogen-bond acceptors (Lipinski definition) is 3. The summed E-state index contributed by atoms with van der Waals surface area (Å²) in [7, 11) is 0. The summed E-state index contributed by atoms with van der Waals surface area (Å²) in [5, 5.41) is 8.78. The Balaban J connectivity index is 2.25. The zero-order valence-electron chi connectivity index (χ0n) is 10.4. The van der Waals surface area contributed by atoms with Gasteiger partial charge in [-0.2, -0.15) is 13.2 Å². The molecule has 1 fully saturated rings. The van der Waals surface area contributed by atoms with Crippen molar-refractivity contribution in [3.05, 3.63) is 29.3 Å². The van der Waals surface area contributed by atoms with Gasteiger partial charge in [-0.3, -0.25) is 0 Å². The average Bonchev–Trinajstić information content (AvgIpc) is 2.38. The molecule has 1 aromatic carbocycles. The van der Waals surface area contributed by atoms with E-state index in [0.717, 1.165) is 12.1 Å². The highest BCUT2D eigenvalue weighted by molar-refractivity contribution is 5.89. The summed E-state index contributed by atoms with van der Waals surface area (Å²) in [6, 6.07) is 2.90. The summed E-state index contributed by atoms with van der Waals surface area (Å²) in [4.78, 5) is 10.8. The Morgan fingerprint density at radius 1 is 1.30 bits per heavy atom. The van der Waals surface area contributed by atoms with Gasteiger partial charge in [-0.15, -0.1) is 0 Å². The fourth-order valence-electron chi connectivity index (χ4n) is 2.00. The zero-order chi connectivity index (χ0) is 14.8. The molecule has 20 heavy (non-hydrogen) atoms. The van der Waals surface area contributed by atoms with Crippen LogP contribution in [-0.2, 0) is 10.9 Å². The third-order valence-corrected chi connectivity index (χ3v) is 3.00. The van der Waals surface area contributed by atoms with Crippen LogP contribution in [0.5, 0.6) is 5.75 Å². The number of ether oxygens (including phenoxy) is 2. The molecule has 0 aromatic heterocycles. The first-order valence-electron chi connectivity index (χ1n) is 6.07. The maximum Gasteiger partial charge on any atom is 0.417 e. The standard InChI is InChI=1S/C13H13F3O4/c14-13(15,16)11-7-9(1-2-10(11)12(17)18)20-8-3-5-19-6-4-8/h1-2,7-8H,3-6H2,(H,17,18). The molecule has 0 amide bonds. The van der Waals surface area contributed by atoms with Crippen molar-refractivity contribution in [1.82, 2.24) is 0 Å². The normalized spacial score (nSPS) is 16.9. The van der Waals surface area contributed by atoms with Crippen LogP contribution in [0.3, 0.4) is 0 Å². The van der Waals surface area contributed by atoms with Crippen molar-refractivity contribution >= 4 is 5.97 Å². The first-order valence-corrected chi connectivity index (χ1v) is 6.07. The van der Waals surface area contributed by atoms with E-state index in [0.29, 0.717) is 26.1 Å². The van der Waals surface area contributed by atoms with E-state index in [9.17, 15) is 18.0 Å². The number of alkyl halides is 3. The number of carboxylic acid groups (broad SMARTS) is 1. The van der Waals surface area contributed by atoms with E-state index in [4.69, 9.17) is 14.6 Å². The molecule has 0 radical (unpaired) electrons. The molecule has 2 rings (SSSR count). The summed E-state index contributed by atoms with van der Waals surface area (Å²) < 4.78 is 49.1. The first-order chi connectivity index (χ1) is 9.38. The average molecular weight is 290 g/mol. The highest BCUT2D eigenvalue weighted by Crippen LogP contribution is 2.35. The van der Waals surface area contributed by atoms with E-state index < -0.39 is 23.3 Å². The van der Waals surface area contributed by atoms with Crippen LogP contribution in [0.1, 0.15) is 28.8 Å². The van der Waals surface area contributed by atoms with Crippen LogP contribution in [0, 0.1) is 0 Å². The number of benzene rings is 1. The van der Waals surface area contributed by atoms with E-state index in [-0.39, 0.29) is 11.9 Å². The maximum atomic E-state index is 12.8. The molecule has 0 spiro atoms. The largest absolute Gasteiger partial charge is 0.490 e. The van der Waals surface area contributed by atoms with Gasteiger partial charge in [-0.25, -0.2) is 4.79 Å². The molecule has 1 aliphatic heterocycles. The second kappa shape index (κ2) is 5.70. The van der Waals surface area contributed by atoms with Crippen molar-refractivity contribution in [3.8, 4) is 5.75 Å². The SMILES string of the molecule is O=C(O)c1ccc(OC2CCOCC2)cc1C(F)(F)F. The Kier molecular flexibility index (Phi) is 4.17. The van der Waals surface area contributed by atoms with E-state index in [1.54, 1.807) is 0 Å². The van der Waals surface area contributed by atoms with Gasteiger partial charge in [0.2, 0.25) is 0 Å². The van der Waals surface area contributed by atoms with Gasteiger partial charge < -0.3 is 14.6 Å². The van der Waals surface area contributed by atoms with Crippen molar-refractivity contribution in [2.24, 2.45) is 0 Å². The zero-order valence-corrected chi connectivity index (χ0v) is 10.4. The molecule has 1 N–H and O–H groups in total. The summed E-state index contributed by atoms with van der Waals surface area (Å²) in [5.41, 5.74) is -1.98. The van der Waals surface area contributed by atoms with Crippen LogP contribution >= 0.6 is 0 Å². The number of hydrogen-bond donors (Lipinski definition) is 1. The van der Waals surface area contributed by atoms with Crippen LogP contribution in [0.25, 0.3) is 0 Å². The van der Waals surface area contributed by atoms with Crippen molar-refractivity contribution in [2.45, 2.75) is 25.1 Å². The molecule has 7 heteroatoms. The predicted molar refractivity (Wildman–Crippen MR) is 62.9 cm³/mol. The lowest BCUT2D eigenvalue weighted by Gasteiger charge is -2.24. The lowest BCUT2D eigenvalue weighted by atomic mass is 10.1. The molecular weight excluding hydrogens is 277 g/mol. The van der Waals surface area contributed by atoms with Crippen molar-refractivity contribution < 1.29 is 32.5 Å². The summed E-state index contributed by atoms with van der Waals surface area (Å²) in [6.45, 7) is 1.01. The minimum absolute atomic E-state index is 0.0224. The minimum atomic E-state index is -4.73. The van der Waals surface area contributed by atoms with Gasteiger partial charge in [0.05, 0.1) is 24.3 Å². The van der Waals surface area contributed by atoms with Gasteiger partial charge in [0.15, 0.2) is 0 Å². The van der Waals surface area contributed by atoms with Crippen molar-refractivity contribution in [3.63, 3.8) is 0 Å². The Bertz CT molecular complexity index is 493. The van der Waals surface area contributed by atoms with Gasteiger partial charge >= 0.3 is 12.1 Å². The highest BCUT2D eigenvalue weighted by atomic mass is 19.4. The van der Waals surface area contributed by atoms with Gasteiger partial charge in [-0.05, 0) is 18.2 Å². The molecule has 0 aliphatic carbocycles. The maximum absolute atomic E-state index is 12.8. The number of rotatable bonds is 3. The number of halogens is 3. The van der Waals surface area contributed by atoms with Gasteiger partial charge in [-0.1, -0.05) is 0 Å². The van der Waals surface area contributed by atoms with Crippen LogP contribution in [-0.4, -0.2) is 30.4 Å². The number of carboxylic acids is 1. The van der Waals surface area contributed by atoms with Gasteiger partial charge in [0.25, 0.3) is 0 Å². The number of aromatic carboxylic acids is 1. The molecule has 110 valence electrons. The van der Waals surface area contributed by atoms with E-state index in [2.05, 4.69) is 0 Å². The lowest BCUT2D eigenvalue weighted by Crippen LogP contribution is -2.26. The van der Waals surface area contributed by atoms with E-state index in [1.165, 1.54) is 6.07 Å². The minimum Gasteiger partial charge on any atom is -0.490 e. The Morgan fingerprint density at radius 2 is 1.95 bits per heavy atom. The second-order valence-corrected chi connectivity index (χ2v) is 4.44. The third-order valence-electron chi connectivity index (χ3n) is 3.00. The van der Waals surface area contributed by atoms with Crippen molar-refractivity contribution in [2.75, 3.05) is 13.2 Å². The molecule has 1 aromatic rings. The van der Waals surface area contributed by atoms with Crippen LogP contribution < -0.4 is 4.74 Å². The molecule has 0 bridgehead atoms. The lowest BCUT2D eigenvalue weighted by molar-refractivity contribution is -0.138. The topological polar surface area (TPSA) is 55.8 Å². The summed E-state index contributed by atoms with van der Waals surface area (Å²) in [6.07, 6.45) is -3.74.